The summed E-state index contributed by atoms with van der Waals surface area (Å²) in [5, 5.41) is 2.70. The van der Waals surface area contributed by atoms with E-state index in [2.05, 4.69) is 41.0 Å². The molecule has 0 radical (unpaired) electrons. The third kappa shape index (κ3) is 6.08. The molecular formula is C14H25N5O. The molecule has 0 atom stereocenters. The smallest absolute Gasteiger partial charge is 0.240 e. The number of nitrogens with zero attached hydrogens (tertiary/aromatic N) is 3. The fourth-order valence-electron chi connectivity index (χ4n) is 1.93. The summed E-state index contributed by atoms with van der Waals surface area (Å²) in [6, 6.07) is 1.71. The monoisotopic (exact) mass is 279 g/mol. The van der Waals surface area contributed by atoms with Crippen LogP contribution in [0.1, 0.15) is 27.2 Å². The van der Waals surface area contributed by atoms with Crippen molar-refractivity contribution in [1.29, 1.82) is 0 Å². The van der Waals surface area contributed by atoms with Crippen LogP contribution in [0.3, 0.4) is 0 Å². The third-order valence-corrected chi connectivity index (χ3v) is 2.93. The number of anilines is 1. The van der Waals surface area contributed by atoms with Crippen LogP contribution in [0.2, 0.25) is 0 Å². The first kappa shape index (κ1) is 16.5. The van der Waals surface area contributed by atoms with Gasteiger partial charge in [0.05, 0.1) is 6.54 Å². The number of carbonyl (C=O) groups is 1. The first-order valence-electron chi connectivity index (χ1n) is 6.96. The van der Waals surface area contributed by atoms with Crippen LogP contribution in [0.5, 0.6) is 0 Å². The average molecular weight is 279 g/mol. The summed E-state index contributed by atoms with van der Waals surface area (Å²) in [6.07, 6.45) is 4.20. The van der Waals surface area contributed by atoms with E-state index in [4.69, 9.17) is 5.73 Å². The predicted octanol–water partition coefficient (Wildman–Crippen LogP) is 1.11. The zero-order valence-electron chi connectivity index (χ0n) is 12.6. The summed E-state index contributed by atoms with van der Waals surface area (Å²) < 4.78 is 0. The lowest BCUT2D eigenvalue weighted by atomic mass is 9.93. The standard InChI is InChI=1S/C14H25N5O/c1-4-8-19(11-14(2,3)10-15)9-12(20)18-13-16-6-5-7-17-13/h5-7H,4,8-11,15H2,1-3H3,(H,16,17,18,20). The van der Waals surface area contributed by atoms with Gasteiger partial charge < -0.3 is 5.73 Å². The predicted molar refractivity (Wildman–Crippen MR) is 80.2 cm³/mol. The minimum atomic E-state index is -0.0996. The average Bonchev–Trinajstić information content (AvgIpc) is 2.39. The Kier molecular flexibility index (Phi) is 6.54. The molecule has 0 aliphatic heterocycles. The Morgan fingerprint density at radius 2 is 2.05 bits per heavy atom. The van der Waals surface area contributed by atoms with Crippen molar-refractivity contribution in [3.63, 3.8) is 0 Å². The largest absolute Gasteiger partial charge is 0.330 e. The fourth-order valence-corrected chi connectivity index (χ4v) is 1.93. The molecule has 0 aromatic carbocycles. The highest BCUT2D eigenvalue weighted by molar-refractivity contribution is 5.90. The second-order valence-corrected chi connectivity index (χ2v) is 5.70. The molecule has 112 valence electrons. The SMILES string of the molecule is CCCN(CC(=O)Nc1ncccn1)CC(C)(C)CN. The number of carbonyl (C=O) groups excluding carboxylic acids is 1. The molecule has 1 aromatic heterocycles. The van der Waals surface area contributed by atoms with Crippen LogP contribution >= 0.6 is 0 Å². The lowest BCUT2D eigenvalue weighted by Crippen LogP contribution is -2.42. The normalized spacial score (nSPS) is 11.7. The van der Waals surface area contributed by atoms with E-state index in [0.717, 1.165) is 19.5 Å². The van der Waals surface area contributed by atoms with Crippen molar-refractivity contribution in [2.24, 2.45) is 11.1 Å². The minimum Gasteiger partial charge on any atom is -0.330 e. The van der Waals surface area contributed by atoms with Gasteiger partial charge in [0.25, 0.3) is 0 Å². The zero-order valence-corrected chi connectivity index (χ0v) is 12.6. The molecule has 0 aliphatic rings. The maximum atomic E-state index is 12.0. The molecule has 1 amide bonds. The van der Waals surface area contributed by atoms with Crippen molar-refractivity contribution in [2.75, 3.05) is 31.5 Å². The number of nitrogens with two attached hydrogens (primary N) is 1. The summed E-state index contributed by atoms with van der Waals surface area (Å²) in [5.74, 6) is 0.240. The number of rotatable bonds is 8. The molecule has 1 rings (SSSR count). The number of hydrogen-bond donors (Lipinski definition) is 2. The van der Waals surface area contributed by atoms with E-state index in [1.54, 1.807) is 18.5 Å². The molecule has 0 bridgehead atoms. The van der Waals surface area contributed by atoms with Gasteiger partial charge in [-0.3, -0.25) is 15.0 Å². The van der Waals surface area contributed by atoms with Gasteiger partial charge in [-0.05, 0) is 31.0 Å². The van der Waals surface area contributed by atoms with Gasteiger partial charge in [-0.2, -0.15) is 0 Å². The molecule has 0 saturated carbocycles. The van der Waals surface area contributed by atoms with Gasteiger partial charge in [-0.15, -0.1) is 0 Å². The molecule has 0 unspecified atom stereocenters. The molecule has 0 fully saturated rings. The van der Waals surface area contributed by atoms with Crippen molar-refractivity contribution < 1.29 is 4.79 Å². The highest BCUT2D eigenvalue weighted by Gasteiger charge is 2.21. The number of amides is 1. The summed E-state index contributed by atoms with van der Waals surface area (Å²) >= 11 is 0. The number of nitrogens with one attached hydrogen (secondary N) is 1. The van der Waals surface area contributed by atoms with Crippen molar-refractivity contribution in [3.8, 4) is 0 Å². The molecule has 0 aliphatic carbocycles. The van der Waals surface area contributed by atoms with Gasteiger partial charge in [0.2, 0.25) is 11.9 Å². The van der Waals surface area contributed by atoms with E-state index in [0.29, 0.717) is 19.0 Å². The topological polar surface area (TPSA) is 84.1 Å². The van der Waals surface area contributed by atoms with Gasteiger partial charge >= 0.3 is 0 Å². The first-order chi connectivity index (χ1) is 9.46. The molecule has 1 heterocycles. The maximum Gasteiger partial charge on any atom is 0.240 e. The summed E-state index contributed by atoms with van der Waals surface area (Å²) in [7, 11) is 0. The van der Waals surface area contributed by atoms with Crippen LogP contribution in [0.15, 0.2) is 18.5 Å². The lowest BCUT2D eigenvalue weighted by molar-refractivity contribution is -0.117. The van der Waals surface area contributed by atoms with Gasteiger partial charge in [-0.1, -0.05) is 20.8 Å². The van der Waals surface area contributed by atoms with Gasteiger partial charge in [0, 0.05) is 18.9 Å². The van der Waals surface area contributed by atoms with E-state index < -0.39 is 0 Å². The molecule has 6 heteroatoms. The molecule has 1 aromatic rings. The Hall–Kier alpha value is -1.53. The summed E-state index contributed by atoms with van der Waals surface area (Å²) in [5.41, 5.74) is 5.76. The molecule has 3 N–H and O–H groups in total. The Morgan fingerprint density at radius 1 is 1.40 bits per heavy atom. The Bertz CT molecular complexity index is 407. The van der Waals surface area contributed by atoms with Crippen molar-refractivity contribution >= 4 is 11.9 Å². The lowest BCUT2D eigenvalue weighted by Gasteiger charge is -2.31. The van der Waals surface area contributed by atoms with E-state index in [1.807, 2.05) is 0 Å². The minimum absolute atomic E-state index is 0.00129. The molecular weight excluding hydrogens is 254 g/mol. The Balaban J connectivity index is 2.54. The van der Waals surface area contributed by atoms with Crippen LogP contribution in [-0.2, 0) is 4.79 Å². The highest BCUT2D eigenvalue weighted by Crippen LogP contribution is 2.15. The summed E-state index contributed by atoms with van der Waals surface area (Å²) in [4.78, 5) is 22.1. The highest BCUT2D eigenvalue weighted by atomic mass is 16.2. The Labute approximate surface area is 120 Å². The first-order valence-corrected chi connectivity index (χ1v) is 6.96. The van der Waals surface area contributed by atoms with E-state index in [1.165, 1.54) is 0 Å². The zero-order chi connectivity index (χ0) is 15.0. The van der Waals surface area contributed by atoms with Crippen LogP contribution in [0, 0.1) is 5.41 Å². The van der Waals surface area contributed by atoms with Crippen LogP contribution < -0.4 is 11.1 Å². The van der Waals surface area contributed by atoms with Crippen LogP contribution in [0.25, 0.3) is 0 Å². The van der Waals surface area contributed by atoms with Gasteiger partial charge in [-0.25, -0.2) is 9.97 Å². The second kappa shape index (κ2) is 7.91. The van der Waals surface area contributed by atoms with E-state index in [9.17, 15) is 4.79 Å². The van der Waals surface area contributed by atoms with Gasteiger partial charge in [0.1, 0.15) is 0 Å². The van der Waals surface area contributed by atoms with Crippen molar-refractivity contribution in [1.82, 2.24) is 14.9 Å². The Morgan fingerprint density at radius 3 is 2.60 bits per heavy atom. The fraction of sp³-hybridized carbons (Fsp3) is 0.643. The number of aromatic nitrogens is 2. The molecule has 20 heavy (non-hydrogen) atoms. The van der Waals surface area contributed by atoms with E-state index >= 15 is 0 Å². The van der Waals surface area contributed by atoms with E-state index in [-0.39, 0.29) is 11.3 Å². The second-order valence-electron chi connectivity index (χ2n) is 5.70. The van der Waals surface area contributed by atoms with Crippen molar-refractivity contribution in [2.45, 2.75) is 27.2 Å². The maximum absolute atomic E-state index is 12.0. The molecule has 0 saturated heterocycles. The molecule has 0 spiro atoms. The van der Waals surface area contributed by atoms with Gasteiger partial charge in [0.15, 0.2) is 0 Å². The third-order valence-electron chi connectivity index (χ3n) is 2.93. The van der Waals surface area contributed by atoms with Crippen LogP contribution in [0.4, 0.5) is 5.95 Å². The van der Waals surface area contributed by atoms with Crippen molar-refractivity contribution in [3.05, 3.63) is 18.5 Å². The number of hydrogen-bond acceptors (Lipinski definition) is 5. The molecule has 6 nitrogen and oxygen atoms in total. The van der Waals surface area contributed by atoms with Crippen LogP contribution in [-0.4, -0.2) is 47.0 Å². The quantitative estimate of drug-likeness (QED) is 0.744. The summed E-state index contributed by atoms with van der Waals surface area (Å²) in [6.45, 7) is 8.89.